The van der Waals surface area contributed by atoms with Crippen LogP contribution in [-0.4, -0.2) is 53.1 Å². The van der Waals surface area contributed by atoms with Gasteiger partial charge in [0.15, 0.2) is 12.0 Å². The predicted molar refractivity (Wildman–Crippen MR) is 106 cm³/mol. The number of rotatable bonds is 5. The Bertz CT molecular complexity index is 1060. The first-order valence-corrected chi connectivity index (χ1v) is 9.69. The highest BCUT2D eigenvalue weighted by molar-refractivity contribution is 5.95. The van der Waals surface area contributed by atoms with Crippen LogP contribution in [0.1, 0.15) is 45.3 Å². The lowest BCUT2D eigenvalue weighted by Gasteiger charge is -2.25. The zero-order valence-corrected chi connectivity index (χ0v) is 16.8. The van der Waals surface area contributed by atoms with Gasteiger partial charge in [-0.3, -0.25) is 14.4 Å². The summed E-state index contributed by atoms with van der Waals surface area (Å²) in [5.41, 5.74) is -1.81. The minimum atomic E-state index is -1.06. The van der Waals surface area contributed by atoms with Crippen molar-refractivity contribution in [2.24, 2.45) is 0 Å². The van der Waals surface area contributed by atoms with Gasteiger partial charge in [-0.25, -0.2) is 13.2 Å². The van der Waals surface area contributed by atoms with Crippen molar-refractivity contribution in [3.8, 4) is 5.75 Å². The van der Waals surface area contributed by atoms with Crippen LogP contribution >= 0.6 is 0 Å². The molecule has 3 rings (SSSR count). The van der Waals surface area contributed by atoms with Gasteiger partial charge in [-0.05, 0) is 26.0 Å². The third kappa shape index (κ3) is 4.96. The zero-order valence-electron chi connectivity index (χ0n) is 16.8. The second-order valence-corrected chi connectivity index (χ2v) is 7.60. The van der Waals surface area contributed by atoms with Crippen LogP contribution in [0.15, 0.2) is 29.2 Å². The number of nitrogens with zero attached hydrogens (tertiary/aromatic N) is 2. The average molecular weight is 437 g/mol. The molecule has 1 saturated heterocycles. The second-order valence-electron chi connectivity index (χ2n) is 7.60. The van der Waals surface area contributed by atoms with Gasteiger partial charge in [0.25, 0.3) is 5.91 Å². The Balaban J connectivity index is 1.92. The monoisotopic (exact) mass is 437 g/mol. The van der Waals surface area contributed by atoms with Crippen LogP contribution in [0, 0.1) is 11.6 Å². The van der Waals surface area contributed by atoms with Gasteiger partial charge in [-0.15, -0.1) is 0 Å². The molecule has 2 heterocycles. The molecule has 0 aliphatic carbocycles. The summed E-state index contributed by atoms with van der Waals surface area (Å²) in [5, 5.41) is 12.6. The van der Waals surface area contributed by atoms with Crippen molar-refractivity contribution in [3.63, 3.8) is 0 Å². The number of aromatic nitrogens is 1. The number of amides is 1. The van der Waals surface area contributed by atoms with E-state index in [2.05, 4.69) is 5.32 Å². The lowest BCUT2D eigenvalue weighted by atomic mass is 10.1. The van der Waals surface area contributed by atoms with E-state index >= 15 is 0 Å². The molecular weight excluding hydrogens is 415 g/mol. The molecule has 31 heavy (non-hydrogen) atoms. The molecule has 0 radical (unpaired) electrons. The minimum absolute atomic E-state index is 0.00295. The summed E-state index contributed by atoms with van der Waals surface area (Å²) in [6.07, 6.45) is 0.946. The molecule has 1 aliphatic heterocycles. The Hall–Kier alpha value is -3.14. The number of hydrogen-bond acceptors (Lipinski definition) is 5. The standard InChI is InChI=1S/C21H22F3N3O4/c1-26-8-14(23)4-5-15(9-26)27-10-16(19(29)20(30)18(27)11-28)21(31)25-7-12-2-3-13(22)6-17(12)24/h2-3,6,10-11,14-15,30H,4-5,7-9H2,1H3,(H,25,31). The van der Waals surface area contributed by atoms with Crippen molar-refractivity contribution in [2.45, 2.75) is 31.6 Å². The smallest absolute Gasteiger partial charge is 0.257 e. The van der Waals surface area contributed by atoms with Gasteiger partial charge in [0.2, 0.25) is 5.43 Å². The normalized spacial score (nSPS) is 19.6. The summed E-state index contributed by atoms with van der Waals surface area (Å²) >= 11 is 0. The summed E-state index contributed by atoms with van der Waals surface area (Å²) in [4.78, 5) is 38.3. The number of aldehydes is 1. The second kappa shape index (κ2) is 9.34. The van der Waals surface area contributed by atoms with E-state index in [1.165, 1.54) is 4.57 Å². The van der Waals surface area contributed by atoms with Crippen LogP contribution in [0.2, 0.25) is 0 Å². The number of pyridine rings is 1. The van der Waals surface area contributed by atoms with Gasteiger partial charge in [0.05, 0.1) is 0 Å². The Kier molecular flexibility index (Phi) is 6.79. The Morgan fingerprint density at radius 2 is 2.03 bits per heavy atom. The molecule has 166 valence electrons. The third-order valence-corrected chi connectivity index (χ3v) is 5.30. The number of carbonyl (C=O) groups is 2. The van der Waals surface area contributed by atoms with Crippen LogP contribution < -0.4 is 10.7 Å². The Labute approximate surface area is 176 Å². The van der Waals surface area contributed by atoms with Gasteiger partial charge in [0, 0.05) is 43.5 Å². The predicted octanol–water partition coefficient (Wildman–Crippen LogP) is 2.18. The van der Waals surface area contributed by atoms with Crippen LogP contribution in [0.4, 0.5) is 13.2 Å². The maximum absolute atomic E-state index is 13.9. The van der Waals surface area contributed by atoms with Gasteiger partial charge >= 0.3 is 0 Å². The Morgan fingerprint density at radius 3 is 2.71 bits per heavy atom. The molecular formula is C21H22F3N3O4. The molecule has 2 aromatic rings. The lowest BCUT2D eigenvalue weighted by molar-refractivity contribution is 0.0946. The van der Waals surface area contributed by atoms with Crippen molar-refractivity contribution in [1.82, 2.24) is 14.8 Å². The number of aromatic hydroxyl groups is 1. The molecule has 1 aliphatic rings. The molecule has 2 N–H and O–H groups in total. The summed E-state index contributed by atoms with van der Waals surface area (Å²) in [6, 6.07) is 2.40. The van der Waals surface area contributed by atoms with Crippen molar-refractivity contribution in [1.29, 1.82) is 0 Å². The topological polar surface area (TPSA) is 91.6 Å². The number of likely N-dealkylation sites (N-methyl/N-ethyl adjacent to an activating group) is 1. The van der Waals surface area contributed by atoms with Crippen LogP contribution in [-0.2, 0) is 6.54 Å². The molecule has 1 aromatic carbocycles. The first kappa shape index (κ1) is 22.5. The molecule has 2 unspecified atom stereocenters. The maximum atomic E-state index is 13.9. The van der Waals surface area contributed by atoms with E-state index in [4.69, 9.17) is 0 Å². The van der Waals surface area contributed by atoms with Gasteiger partial charge in [-0.2, -0.15) is 0 Å². The maximum Gasteiger partial charge on any atom is 0.257 e. The van der Waals surface area contributed by atoms with Crippen LogP contribution in [0.25, 0.3) is 0 Å². The molecule has 7 nitrogen and oxygen atoms in total. The highest BCUT2D eigenvalue weighted by atomic mass is 19.1. The number of carbonyl (C=O) groups excluding carboxylic acids is 2. The summed E-state index contributed by atoms with van der Waals surface area (Å²) in [7, 11) is 1.71. The molecule has 1 fully saturated rings. The van der Waals surface area contributed by atoms with E-state index in [1.54, 1.807) is 11.9 Å². The van der Waals surface area contributed by atoms with Crippen LogP contribution in [0.5, 0.6) is 5.75 Å². The third-order valence-electron chi connectivity index (χ3n) is 5.30. The van der Waals surface area contributed by atoms with Crippen molar-refractivity contribution in [2.75, 3.05) is 20.1 Å². The molecule has 0 saturated carbocycles. The zero-order chi connectivity index (χ0) is 22.7. The van der Waals surface area contributed by atoms with E-state index < -0.39 is 46.5 Å². The summed E-state index contributed by atoms with van der Waals surface area (Å²) in [6.45, 7) is 0.220. The number of alkyl halides is 1. The minimum Gasteiger partial charge on any atom is -0.503 e. The van der Waals surface area contributed by atoms with E-state index in [-0.39, 0.29) is 30.8 Å². The van der Waals surface area contributed by atoms with E-state index in [9.17, 15) is 32.7 Å². The lowest BCUT2D eigenvalue weighted by Crippen LogP contribution is -2.33. The largest absolute Gasteiger partial charge is 0.503 e. The highest BCUT2D eigenvalue weighted by Crippen LogP contribution is 2.25. The van der Waals surface area contributed by atoms with Crippen molar-refractivity contribution < 1.29 is 27.9 Å². The number of halogens is 3. The Morgan fingerprint density at radius 1 is 1.29 bits per heavy atom. The summed E-state index contributed by atoms with van der Waals surface area (Å²) in [5.74, 6) is -3.42. The molecule has 0 bridgehead atoms. The number of nitrogens with one attached hydrogen (secondary N) is 1. The first-order valence-electron chi connectivity index (χ1n) is 9.69. The van der Waals surface area contributed by atoms with E-state index in [0.29, 0.717) is 25.3 Å². The molecule has 0 spiro atoms. The molecule has 1 aromatic heterocycles. The first-order chi connectivity index (χ1) is 14.7. The molecule has 1 amide bonds. The van der Waals surface area contributed by atoms with E-state index in [0.717, 1.165) is 18.3 Å². The van der Waals surface area contributed by atoms with Gasteiger partial charge in [-0.1, -0.05) is 6.07 Å². The van der Waals surface area contributed by atoms with Crippen LogP contribution in [0.3, 0.4) is 0 Å². The highest BCUT2D eigenvalue weighted by Gasteiger charge is 2.27. The average Bonchev–Trinajstić information content (AvgIpc) is 2.88. The van der Waals surface area contributed by atoms with E-state index in [1.807, 2.05) is 0 Å². The van der Waals surface area contributed by atoms with Crippen molar-refractivity contribution >= 4 is 12.2 Å². The van der Waals surface area contributed by atoms with Crippen molar-refractivity contribution in [3.05, 3.63) is 63.1 Å². The molecule has 2 atom stereocenters. The fraction of sp³-hybridized carbons (Fsp3) is 0.381. The SMILES string of the molecule is CN1CC(F)CCC(n2cc(C(=O)NCc3ccc(F)cc3F)c(=O)c(O)c2C=O)C1. The number of hydrogen-bond donors (Lipinski definition) is 2. The molecule has 10 heteroatoms. The van der Waals surface area contributed by atoms with Gasteiger partial charge < -0.3 is 19.9 Å². The fourth-order valence-electron chi connectivity index (χ4n) is 3.71. The number of benzene rings is 1. The van der Waals surface area contributed by atoms with Gasteiger partial charge in [0.1, 0.15) is 29.1 Å². The number of likely N-dealkylation sites (tertiary alicyclic amines) is 1. The quantitative estimate of drug-likeness (QED) is 0.700. The summed E-state index contributed by atoms with van der Waals surface area (Å²) < 4.78 is 42.0. The fourth-order valence-corrected chi connectivity index (χ4v) is 3.71.